The zero-order chi connectivity index (χ0) is 17.8. The van der Waals surface area contributed by atoms with Gasteiger partial charge in [-0.15, -0.1) is 0 Å². The lowest BCUT2D eigenvalue weighted by molar-refractivity contribution is 0.101. The van der Waals surface area contributed by atoms with Crippen LogP contribution in [0.5, 0.6) is 0 Å². The van der Waals surface area contributed by atoms with E-state index < -0.39 is 5.82 Å². The molecular formula is C16H15ClFN5O2. The first-order valence-electron chi connectivity index (χ1n) is 7.36. The monoisotopic (exact) mass is 363 g/mol. The van der Waals surface area contributed by atoms with E-state index in [1.54, 1.807) is 42.4 Å². The molecule has 0 saturated carbocycles. The molecule has 0 aliphatic heterocycles. The Morgan fingerprint density at radius 3 is 2.80 bits per heavy atom. The number of methoxy groups -OCH3 is 1. The number of carbonyl (C=O) groups excluding carboxylic acids is 1. The van der Waals surface area contributed by atoms with Gasteiger partial charge < -0.3 is 10.1 Å². The van der Waals surface area contributed by atoms with Gasteiger partial charge in [0, 0.05) is 30.6 Å². The molecular weight excluding hydrogens is 349 g/mol. The molecule has 0 atom stereocenters. The zero-order valence-corrected chi connectivity index (χ0v) is 14.1. The fourth-order valence-corrected chi connectivity index (χ4v) is 2.44. The molecule has 1 amide bonds. The van der Waals surface area contributed by atoms with E-state index in [2.05, 4.69) is 15.5 Å². The smallest absolute Gasteiger partial charge is 0.277 e. The van der Waals surface area contributed by atoms with Crippen molar-refractivity contribution in [3.05, 3.63) is 64.8 Å². The third kappa shape index (κ3) is 4.23. The van der Waals surface area contributed by atoms with Gasteiger partial charge in [-0.3, -0.25) is 9.48 Å². The number of ether oxygens (including phenoxy) is 1. The topological polar surface area (TPSA) is 74.0 Å². The van der Waals surface area contributed by atoms with Crippen molar-refractivity contribution in [1.82, 2.24) is 19.6 Å². The molecule has 0 aliphatic rings. The van der Waals surface area contributed by atoms with Crippen LogP contribution in [0.15, 0.2) is 42.7 Å². The van der Waals surface area contributed by atoms with Crippen molar-refractivity contribution in [1.29, 1.82) is 0 Å². The summed E-state index contributed by atoms with van der Waals surface area (Å²) in [7, 11) is 1.54. The molecule has 3 rings (SSSR count). The van der Waals surface area contributed by atoms with Crippen molar-refractivity contribution >= 4 is 23.3 Å². The molecule has 25 heavy (non-hydrogen) atoms. The number of rotatable bonds is 6. The van der Waals surface area contributed by atoms with Gasteiger partial charge in [0.15, 0.2) is 11.5 Å². The number of anilines is 1. The minimum atomic E-state index is -0.393. The van der Waals surface area contributed by atoms with Crippen LogP contribution in [0.4, 0.5) is 10.2 Å². The Morgan fingerprint density at radius 2 is 2.04 bits per heavy atom. The molecule has 3 aromatic rings. The predicted octanol–water partition coefficient (Wildman–Crippen LogP) is 2.78. The Bertz CT molecular complexity index is 892. The number of amides is 1. The first-order valence-corrected chi connectivity index (χ1v) is 7.74. The van der Waals surface area contributed by atoms with E-state index in [9.17, 15) is 9.18 Å². The second-order valence-corrected chi connectivity index (χ2v) is 5.65. The van der Waals surface area contributed by atoms with Gasteiger partial charge in [0.2, 0.25) is 0 Å². The third-order valence-corrected chi connectivity index (χ3v) is 3.72. The highest BCUT2D eigenvalue weighted by Crippen LogP contribution is 2.18. The van der Waals surface area contributed by atoms with Crippen molar-refractivity contribution in [3.63, 3.8) is 0 Å². The molecule has 0 fully saturated rings. The summed E-state index contributed by atoms with van der Waals surface area (Å²) in [6.07, 6.45) is 3.34. The Hall–Kier alpha value is -2.71. The number of halogens is 2. The number of hydrogen-bond acceptors (Lipinski definition) is 4. The average Bonchev–Trinajstić information content (AvgIpc) is 3.20. The second kappa shape index (κ2) is 7.45. The lowest BCUT2D eigenvalue weighted by Gasteiger charge is -2.05. The number of benzene rings is 1. The highest BCUT2D eigenvalue weighted by Gasteiger charge is 2.12. The van der Waals surface area contributed by atoms with E-state index in [-0.39, 0.29) is 18.3 Å². The van der Waals surface area contributed by atoms with Gasteiger partial charge in [-0.1, -0.05) is 17.7 Å². The number of nitrogens with one attached hydrogen (secondary N) is 1. The molecule has 7 nitrogen and oxygen atoms in total. The molecule has 1 aromatic carbocycles. The summed E-state index contributed by atoms with van der Waals surface area (Å²) in [5, 5.41) is 11.3. The van der Waals surface area contributed by atoms with Crippen LogP contribution in [0.25, 0.3) is 0 Å². The molecule has 0 aliphatic carbocycles. The van der Waals surface area contributed by atoms with Crippen molar-refractivity contribution in [3.8, 4) is 0 Å². The van der Waals surface area contributed by atoms with Gasteiger partial charge in [-0.2, -0.15) is 10.2 Å². The summed E-state index contributed by atoms with van der Waals surface area (Å²) >= 11 is 6.01. The van der Waals surface area contributed by atoms with E-state index in [1.165, 1.54) is 16.8 Å². The minimum Gasteiger partial charge on any atom is -0.362 e. The van der Waals surface area contributed by atoms with Gasteiger partial charge in [0.25, 0.3) is 5.91 Å². The summed E-state index contributed by atoms with van der Waals surface area (Å²) in [4.78, 5) is 12.2. The number of nitrogens with zero attached hydrogens (tertiary/aromatic N) is 4. The van der Waals surface area contributed by atoms with Crippen molar-refractivity contribution < 1.29 is 13.9 Å². The van der Waals surface area contributed by atoms with Crippen LogP contribution in [-0.4, -0.2) is 32.6 Å². The van der Waals surface area contributed by atoms with E-state index >= 15 is 0 Å². The summed E-state index contributed by atoms with van der Waals surface area (Å²) in [5.74, 6) is -0.389. The van der Waals surface area contributed by atoms with E-state index in [0.29, 0.717) is 17.4 Å². The number of hydrogen-bond donors (Lipinski definition) is 1. The minimum absolute atomic E-state index is 0.258. The van der Waals surface area contributed by atoms with Crippen molar-refractivity contribution in [2.45, 2.75) is 13.3 Å². The number of aromatic nitrogens is 4. The number of carbonyl (C=O) groups is 1. The first kappa shape index (κ1) is 17.1. The Kier molecular flexibility index (Phi) is 5.11. The third-order valence-electron chi connectivity index (χ3n) is 3.36. The van der Waals surface area contributed by atoms with E-state index in [1.807, 2.05) is 0 Å². The fourth-order valence-electron chi connectivity index (χ4n) is 2.21. The molecule has 2 heterocycles. The van der Waals surface area contributed by atoms with Gasteiger partial charge in [0.1, 0.15) is 12.5 Å². The Balaban J connectivity index is 1.65. The van der Waals surface area contributed by atoms with Crippen LogP contribution in [-0.2, 0) is 18.0 Å². The second-order valence-electron chi connectivity index (χ2n) is 5.25. The lowest BCUT2D eigenvalue weighted by Crippen LogP contribution is -2.14. The molecule has 0 spiro atoms. The van der Waals surface area contributed by atoms with Gasteiger partial charge >= 0.3 is 0 Å². The van der Waals surface area contributed by atoms with E-state index in [0.717, 1.165) is 5.56 Å². The van der Waals surface area contributed by atoms with Crippen LogP contribution in [0.2, 0.25) is 5.02 Å². The van der Waals surface area contributed by atoms with Crippen LogP contribution in [0.3, 0.4) is 0 Å². The fraction of sp³-hybridized carbons (Fsp3) is 0.188. The van der Waals surface area contributed by atoms with Crippen LogP contribution >= 0.6 is 11.6 Å². The SMILES string of the molecule is COCn1ccc(C(=O)Nc2ccn(Cc3ccc(F)cc3Cl)n2)n1. The van der Waals surface area contributed by atoms with Gasteiger partial charge in [0.05, 0.1) is 6.54 Å². The molecule has 0 unspecified atom stereocenters. The molecule has 130 valence electrons. The van der Waals surface area contributed by atoms with Gasteiger partial charge in [-0.25, -0.2) is 9.07 Å². The summed E-state index contributed by atoms with van der Waals surface area (Å²) < 4.78 is 21.1. The molecule has 9 heteroatoms. The summed E-state index contributed by atoms with van der Waals surface area (Å²) in [6.45, 7) is 0.623. The zero-order valence-electron chi connectivity index (χ0n) is 13.3. The van der Waals surface area contributed by atoms with Crippen LogP contribution in [0, 0.1) is 5.82 Å². The van der Waals surface area contributed by atoms with E-state index in [4.69, 9.17) is 16.3 Å². The average molecular weight is 364 g/mol. The molecule has 1 N–H and O–H groups in total. The standard InChI is InChI=1S/C16H15ClFN5O2/c1-25-10-23-6-4-14(20-23)16(24)19-15-5-7-22(21-15)9-11-2-3-12(18)8-13(11)17/h2-8H,9-10H2,1H3,(H,19,21,24). The Labute approximate surface area is 148 Å². The van der Waals surface area contributed by atoms with Crippen LogP contribution < -0.4 is 5.32 Å². The van der Waals surface area contributed by atoms with Crippen molar-refractivity contribution in [2.24, 2.45) is 0 Å². The maximum Gasteiger partial charge on any atom is 0.277 e. The maximum absolute atomic E-state index is 13.1. The molecule has 2 aromatic heterocycles. The molecule has 0 saturated heterocycles. The lowest BCUT2D eigenvalue weighted by atomic mass is 10.2. The first-order chi connectivity index (χ1) is 12.0. The Morgan fingerprint density at radius 1 is 1.24 bits per heavy atom. The summed E-state index contributed by atoms with van der Waals surface area (Å²) in [5.41, 5.74) is 0.982. The quantitative estimate of drug-likeness (QED) is 0.730. The van der Waals surface area contributed by atoms with Gasteiger partial charge in [-0.05, 0) is 23.8 Å². The van der Waals surface area contributed by atoms with Crippen LogP contribution in [0.1, 0.15) is 16.1 Å². The largest absolute Gasteiger partial charge is 0.362 e. The highest BCUT2D eigenvalue weighted by molar-refractivity contribution is 6.31. The molecule has 0 radical (unpaired) electrons. The predicted molar refractivity (Wildman–Crippen MR) is 89.9 cm³/mol. The van der Waals surface area contributed by atoms with Crippen molar-refractivity contribution in [2.75, 3.05) is 12.4 Å². The highest BCUT2D eigenvalue weighted by atomic mass is 35.5. The molecule has 0 bridgehead atoms. The maximum atomic E-state index is 13.1. The normalized spacial score (nSPS) is 10.8. The summed E-state index contributed by atoms with van der Waals surface area (Å²) in [6, 6.07) is 7.42.